The molecule has 0 aromatic rings. The Balaban J connectivity index is 1.34. The van der Waals surface area contributed by atoms with Gasteiger partial charge in [0.1, 0.15) is 0 Å². The normalized spacial score (nSPS) is 31.4. The van der Waals surface area contributed by atoms with E-state index in [-0.39, 0.29) is 5.91 Å². The molecule has 2 unspecified atom stereocenters. The van der Waals surface area contributed by atoms with Gasteiger partial charge in [-0.2, -0.15) is 0 Å². The minimum Gasteiger partial charge on any atom is -0.373 e. The quantitative estimate of drug-likeness (QED) is 0.832. The lowest BCUT2D eigenvalue weighted by Gasteiger charge is -2.39. The Kier molecular flexibility index (Phi) is 6.53. The molecule has 1 N–H and O–H groups in total. The predicted octanol–water partition coefficient (Wildman–Crippen LogP) is 1.87. The Morgan fingerprint density at radius 2 is 1.62 bits per heavy atom. The molecule has 3 rings (SSSR count). The lowest BCUT2D eigenvalue weighted by molar-refractivity contribution is -0.123. The average Bonchev–Trinajstić information content (AvgIpc) is 3.01. The summed E-state index contributed by atoms with van der Waals surface area (Å²) in [6.07, 6.45) is 8.04. The van der Waals surface area contributed by atoms with Crippen LogP contribution in [0.15, 0.2) is 0 Å². The van der Waals surface area contributed by atoms with Crippen LogP contribution in [0.2, 0.25) is 0 Å². The molecule has 0 spiro atoms. The number of hydrogen-bond donors (Lipinski definition) is 1. The third kappa shape index (κ3) is 5.43. The number of nitrogens with one attached hydrogen (secondary N) is 1. The van der Waals surface area contributed by atoms with Crippen LogP contribution < -0.4 is 5.32 Å². The molecule has 2 heterocycles. The second kappa shape index (κ2) is 8.63. The summed E-state index contributed by atoms with van der Waals surface area (Å²) in [5, 5.41) is 3.21. The molecule has 0 radical (unpaired) electrons. The van der Waals surface area contributed by atoms with E-state index in [1.54, 1.807) is 0 Å². The number of ether oxygens (including phenoxy) is 1. The van der Waals surface area contributed by atoms with Crippen molar-refractivity contribution in [2.45, 2.75) is 70.6 Å². The smallest absolute Gasteiger partial charge is 0.234 e. The maximum Gasteiger partial charge on any atom is 0.234 e. The van der Waals surface area contributed by atoms with Crippen LogP contribution in [0.3, 0.4) is 0 Å². The first kappa shape index (κ1) is 18.2. The molecule has 2 atom stereocenters. The number of piperidine rings is 1. The van der Waals surface area contributed by atoms with Crippen LogP contribution >= 0.6 is 0 Å². The summed E-state index contributed by atoms with van der Waals surface area (Å²) in [4.78, 5) is 17.1. The fraction of sp³-hybridized carbons (Fsp3) is 0.947. The van der Waals surface area contributed by atoms with Crippen molar-refractivity contribution in [1.82, 2.24) is 15.1 Å². The van der Waals surface area contributed by atoms with Crippen LogP contribution in [0.5, 0.6) is 0 Å². The fourth-order valence-corrected chi connectivity index (χ4v) is 4.67. The van der Waals surface area contributed by atoms with Crippen LogP contribution in [0.25, 0.3) is 0 Å². The average molecular weight is 338 g/mol. The minimum atomic E-state index is 0.233. The molecular formula is C19H35N3O2. The van der Waals surface area contributed by atoms with Gasteiger partial charge in [0.15, 0.2) is 0 Å². The van der Waals surface area contributed by atoms with Crippen molar-refractivity contribution in [1.29, 1.82) is 0 Å². The number of amides is 1. The number of nitrogens with zero attached hydrogens (tertiary/aromatic N) is 2. The molecule has 2 saturated heterocycles. The third-order valence-corrected chi connectivity index (χ3v) is 5.81. The van der Waals surface area contributed by atoms with Gasteiger partial charge in [-0.25, -0.2) is 0 Å². The van der Waals surface area contributed by atoms with Gasteiger partial charge in [0.05, 0.1) is 18.8 Å². The van der Waals surface area contributed by atoms with Gasteiger partial charge in [0.25, 0.3) is 0 Å². The van der Waals surface area contributed by atoms with Crippen LogP contribution in [-0.4, -0.2) is 73.2 Å². The van der Waals surface area contributed by atoms with Gasteiger partial charge < -0.3 is 10.1 Å². The maximum absolute atomic E-state index is 12.2. The molecule has 24 heavy (non-hydrogen) atoms. The fourth-order valence-electron chi connectivity index (χ4n) is 4.67. The molecule has 138 valence electrons. The molecule has 5 heteroatoms. The SMILES string of the molecule is CC1CN(CC2CCN(CC(=O)NC3CCCC3)CC2)CC(C)O1. The van der Waals surface area contributed by atoms with Crippen LogP contribution in [-0.2, 0) is 9.53 Å². The first-order valence-electron chi connectivity index (χ1n) is 9.98. The van der Waals surface area contributed by atoms with Gasteiger partial charge in [0.2, 0.25) is 5.91 Å². The zero-order valence-corrected chi connectivity index (χ0v) is 15.5. The number of carbonyl (C=O) groups is 1. The number of carbonyl (C=O) groups excluding carboxylic acids is 1. The lowest BCUT2D eigenvalue weighted by Crippen LogP contribution is -2.49. The van der Waals surface area contributed by atoms with Crippen molar-refractivity contribution in [2.24, 2.45) is 5.92 Å². The number of morpholine rings is 1. The molecule has 3 aliphatic rings. The van der Waals surface area contributed by atoms with E-state index in [9.17, 15) is 4.79 Å². The number of rotatable bonds is 5. The van der Waals surface area contributed by atoms with Crippen LogP contribution in [0.4, 0.5) is 0 Å². The highest BCUT2D eigenvalue weighted by Crippen LogP contribution is 2.21. The topological polar surface area (TPSA) is 44.8 Å². The molecule has 5 nitrogen and oxygen atoms in total. The molecule has 0 aromatic heterocycles. The molecule has 2 aliphatic heterocycles. The van der Waals surface area contributed by atoms with E-state index in [1.807, 2.05) is 0 Å². The van der Waals surface area contributed by atoms with Gasteiger partial charge >= 0.3 is 0 Å². The number of likely N-dealkylation sites (tertiary alicyclic amines) is 1. The summed E-state index contributed by atoms with van der Waals surface area (Å²) in [6.45, 7) is 10.4. The van der Waals surface area contributed by atoms with E-state index in [4.69, 9.17) is 4.74 Å². The molecule has 0 bridgehead atoms. The second-order valence-electron chi connectivity index (χ2n) is 8.24. The summed E-state index contributed by atoms with van der Waals surface area (Å²) in [5.41, 5.74) is 0. The van der Waals surface area contributed by atoms with Crippen molar-refractivity contribution in [3.8, 4) is 0 Å². The summed E-state index contributed by atoms with van der Waals surface area (Å²) in [7, 11) is 0. The highest BCUT2D eigenvalue weighted by Gasteiger charge is 2.27. The van der Waals surface area contributed by atoms with E-state index in [2.05, 4.69) is 29.0 Å². The number of hydrogen-bond acceptors (Lipinski definition) is 4. The van der Waals surface area contributed by atoms with Crippen molar-refractivity contribution >= 4 is 5.91 Å². The van der Waals surface area contributed by atoms with Crippen molar-refractivity contribution in [3.05, 3.63) is 0 Å². The standard InChI is InChI=1S/C19H35N3O2/c1-15-11-22(12-16(2)24-15)13-17-7-9-21(10-8-17)14-19(23)20-18-5-3-4-6-18/h15-18H,3-14H2,1-2H3,(H,20,23). The van der Waals surface area contributed by atoms with Gasteiger partial charge in [-0.05, 0) is 58.5 Å². The Morgan fingerprint density at radius 3 is 2.25 bits per heavy atom. The van der Waals surface area contributed by atoms with Gasteiger partial charge in [-0.15, -0.1) is 0 Å². The van der Waals surface area contributed by atoms with E-state index in [0.717, 1.165) is 32.1 Å². The van der Waals surface area contributed by atoms with Crippen LogP contribution in [0.1, 0.15) is 52.4 Å². The molecular weight excluding hydrogens is 302 g/mol. The molecule has 1 saturated carbocycles. The van der Waals surface area contributed by atoms with Gasteiger partial charge in [-0.3, -0.25) is 14.6 Å². The van der Waals surface area contributed by atoms with Crippen molar-refractivity contribution < 1.29 is 9.53 Å². The summed E-state index contributed by atoms with van der Waals surface area (Å²) in [6, 6.07) is 0.445. The Bertz CT molecular complexity index is 393. The Morgan fingerprint density at radius 1 is 1.00 bits per heavy atom. The Labute approximate surface area is 147 Å². The van der Waals surface area contributed by atoms with E-state index >= 15 is 0 Å². The Hall–Kier alpha value is -0.650. The first-order valence-corrected chi connectivity index (χ1v) is 9.98. The summed E-state index contributed by atoms with van der Waals surface area (Å²) in [5.74, 6) is 1.01. The zero-order valence-electron chi connectivity index (χ0n) is 15.5. The highest BCUT2D eigenvalue weighted by atomic mass is 16.5. The van der Waals surface area contributed by atoms with E-state index in [1.165, 1.54) is 45.1 Å². The highest BCUT2D eigenvalue weighted by molar-refractivity contribution is 5.78. The summed E-state index contributed by atoms with van der Waals surface area (Å²) >= 11 is 0. The molecule has 3 fully saturated rings. The van der Waals surface area contributed by atoms with Gasteiger partial charge in [-0.1, -0.05) is 12.8 Å². The molecule has 1 amide bonds. The van der Waals surface area contributed by atoms with E-state index in [0.29, 0.717) is 24.8 Å². The third-order valence-electron chi connectivity index (χ3n) is 5.81. The minimum absolute atomic E-state index is 0.233. The maximum atomic E-state index is 12.2. The predicted molar refractivity (Wildman–Crippen MR) is 96.0 cm³/mol. The van der Waals surface area contributed by atoms with Crippen molar-refractivity contribution in [2.75, 3.05) is 39.3 Å². The molecule has 0 aromatic carbocycles. The zero-order chi connectivity index (χ0) is 16.9. The first-order chi connectivity index (χ1) is 11.6. The van der Waals surface area contributed by atoms with Crippen molar-refractivity contribution in [3.63, 3.8) is 0 Å². The van der Waals surface area contributed by atoms with Gasteiger partial charge in [0, 0.05) is 25.7 Å². The van der Waals surface area contributed by atoms with Crippen LogP contribution in [0, 0.1) is 5.92 Å². The second-order valence-corrected chi connectivity index (χ2v) is 8.24. The summed E-state index contributed by atoms with van der Waals surface area (Å²) < 4.78 is 5.83. The van der Waals surface area contributed by atoms with E-state index < -0.39 is 0 Å². The lowest BCUT2D eigenvalue weighted by atomic mass is 9.95. The monoisotopic (exact) mass is 337 g/mol. The largest absolute Gasteiger partial charge is 0.373 e. The molecule has 1 aliphatic carbocycles.